The fourth-order valence-corrected chi connectivity index (χ4v) is 4.54. The van der Waals surface area contributed by atoms with Crippen molar-refractivity contribution in [3.05, 3.63) is 24.3 Å². The van der Waals surface area contributed by atoms with Crippen molar-refractivity contribution >= 4 is 11.9 Å². The summed E-state index contributed by atoms with van der Waals surface area (Å²) in [5.41, 5.74) is -0.727. The summed E-state index contributed by atoms with van der Waals surface area (Å²) in [5, 5.41) is 9.40. The highest BCUT2D eigenvalue weighted by Crippen LogP contribution is 2.47. The van der Waals surface area contributed by atoms with E-state index < -0.39 is 29.7 Å². The number of epoxide rings is 1. The number of hydrogen-bond donors (Lipinski definition) is 1. The third-order valence-corrected chi connectivity index (χ3v) is 6.57. The second kappa shape index (κ2) is 8.20. The molecule has 0 spiro atoms. The Morgan fingerprint density at radius 1 is 1.38 bits per heavy atom. The van der Waals surface area contributed by atoms with E-state index in [9.17, 15) is 14.8 Å². The molecular formula is C22H32O7. The number of carbonyl (C=O) groups is 2. The van der Waals surface area contributed by atoms with Crippen LogP contribution in [0.1, 0.15) is 59.8 Å². The maximum atomic E-state index is 12.3. The van der Waals surface area contributed by atoms with Gasteiger partial charge >= 0.3 is 11.9 Å². The van der Waals surface area contributed by atoms with Crippen molar-refractivity contribution in [3.63, 3.8) is 0 Å². The molecule has 1 N–H and O–H groups in total. The van der Waals surface area contributed by atoms with Crippen LogP contribution in [0.4, 0.5) is 0 Å². The van der Waals surface area contributed by atoms with Crippen LogP contribution in [0.15, 0.2) is 24.3 Å². The van der Waals surface area contributed by atoms with Crippen molar-refractivity contribution in [2.24, 2.45) is 11.8 Å². The number of rotatable bonds is 2. The van der Waals surface area contributed by atoms with E-state index in [2.05, 4.69) is 6.58 Å². The predicted octanol–water partition coefficient (Wildman–Crippen LogP) is 3.58. The average Bonchev–Trinajstić information content (AvgIpc) is 3.21. The van der Waals surface area contributed by atoms with Crippen LogP contribution >= 0.6 is 0 Å². The molecule has 0 radical (unpaired) electrons. The fourth-order valence-electron chi connectivity index (χ4n) is 4.54. The quantitative estimate of drug-likeness (QED) is 0.186. The van der Waals surface area contributed by atoms with E-state index in [0.717, 1.165) is 12.8 Å². The lowest BCUT2D eigenvalue weighted by Crippen LogP contribution is -2.41. The summed E-state index contributed by atoms with van der Waals surface area (Å²) in [5.74, 6) is -1.14. The molecule has 2 fully saturated rings. The summed E-state index contributed by atoms with van der Waals surface area (Å²) in [6, 6.07) is 0. The largest absolute Gasteiger partial charge is 0.458 e. The van der Waals surface area contributed by atoms with Crippen LogP contribution in [-0.2, 0) is 28.7 Å². The van der Waals surface area contributed by atoms with Crippen LogP contribution in [0.2, 0.25) is 0 Å². The monoisotopic (exact) mass is 408 g/mol. The normalized spacial score (nSPS) is 44.1. The van der Waals surface area contributed by atoms with Gasteiger partial charge < -0.3 is 14.2 Å². The molecule has 0 aromatic heterocycles. The zero-order valence-electron chi connectivity index (χ0n) is 17.7. The summed E-state index contributed by atoms with van der Waals surface area (Å²) >= 11 is 0. The van der Waals surface area contributed by atoms with Crippen molar-refractivity contribution in [1.29, 1.82) is 0 Å². The minimum absolute atomic E-state index is 0.0496. The number of esters is 2. The number of ether oxygens (including phenoxy) is 3. The zero-order valence-corrected chi connectivity index (χ0v) is 17.7. The standard InChI is InChI=1S/C22H32O7/c1-13-8-6-9-21(4,29-25)10-7-11-22(5)17(28-22)12-16-14(2)20(24)27-19(16)18(13)26-15(3)23/h7,10,13,16-19,25H,2,6,8-9,11-12H2,1,3-5H3/b10-7+/t13-,16-,17+,18+,19+,21+,22+/m0/s1. The number of fused-ring (bicyclic) bond motifs is 2. The lowest BCUT2D eigenvalue weighted by Gasteiger charge is -2.31. The smallest absolute Gasteiger partial charge is 0.334 e. The Morgan fingerprint density at radius 3 is 2.76 bits per heavy atom. The summed E-state index contributed by atoms with van der Waals surface area (Å²) in [7, 11) is 0. The second-order valence-corrected chi connectivity index (χ2v) is 9.11. The van der Waals surface area contributed by atoms with Crippen LogP contribution in [0, 0.1) is 11.8 Å². The maximum Gasteiger partial charge on any atom is 0.334 e. The highest BCUT2D eigenvalue weighted by atomic mass is 17.1. The first kappa shape index (κ1) is 22.0. The van der Waals surface area contributed by atoms with Crippen molar-refractivity contribution in [3.8, 4) is 0 Å². The van der Waals surface area contributed by atoms with Crippen molar-refractivity contribution in [1.82, 2.24) is 0 Å². The van der Waals surface area contributed by atoms with Gasteiger partial charge in [-0.2, -0.15) is 0 Å². The Bertz CT molecular complexity index is 701. The number of hydrogen-bond acceptors (Lipinski definition) is 7. The van der Waals surface area contributed by atoms with E-state index in [1.807, 2.05) is 32.9 Å². The van der Waals surface area contributed by atoms with E-state index in [4.69, 9.17) is 19.1 Å². The summed E-state index contributed by atoms with van der Waals surface area (Å²) in [4.78, 5) is 28.8. The van der Waals surface area contributed by atoms with Crippen molar-refractivity contribution in [2.75, 3.05) is 0 Å². The molecule has 1 aliphatic carbocycles. The van der Waals surface area contributed by atoms with Gasteiger partial charge in [0.15, 0.2) is 0 Å². The van der Waals surface area contributed by atoms with E-state index in [0.29, 0.717) is 24.8 Å². The Labute approximate surface area is 172 Å². The zero-order chi connectivity index (χ0) is 21.4. The Hall–Kier alpha value is -1.70. The predicted molar refractivity (Wildman–Crippen MR) is 105 cm³/mol. The molecule has 29 heavy (non-hydrogen) atoms. The molecule has 7 atom stereocenters. The molecule has 162 valence electrons. The minimum Gasteiger partial charge on any atom is -0.458 e. The highest BCUT2D eigenvalue weighted by molar-refractivity contribution is 5.91. The first-order valence-electron chi connectivity index (χ1n) is 10.3. The first-order valence-corrected chi connectivity index (χ1v) is 10.3. The van der Waals surface area contributed by atoms with Crippen molar-refractivity contribution < 1.29 is 33.9 Å². The van der Waals surface area contributed by atoms with Crippen LogP contribution < -0.4 is 0 Å². The highest BCUT2D eigenvalue weighted by Gasteiger charge is 2.56. The molecule has 3 rings (SSSR count). The van der Waals surface area contributed by atoms with Gasteiger partial charge in [-0.15, -0.1) is 0 Å². The third kappa shape index (κ3) is 4.73. The molecule has 0 unspecified atom stereocenters. The van der Waals surface area contributed by atoms with E-state index in [-0.39, 0.29) is 23.5 Å². The molecule has 7 nitrogen and oxygen atoms in total. The maximum absolute atomic E-state index is 12.3. The second-order valence-electron chi connectivity index (χ2n) is 9.11. The summed E-state index contributed by atoms with van der Waals surface area (Å²) in [6.07, 6.45) is 5.97. The van der Waals surface area contributed by atoms with E-state index >= 15 is 0 Å². The minimum atomic E-state index is -0.793. The lowest BCUT2D eigenvalue weighted by atomic mass is 9.81. The molecule has 0 saturated carbocycles. The molecule has 0 bridgehead atoms. The fraction of sp³-hybridized carbons (Fsp3) is 0.727. The Balaban J connectivity index is 1.89. The first-order chi connectivity index (χ1) is 13.6. The topological polar surface area (TPSA) is 94.6 Å². The molecule has 0 aromatic carbocycles. The van der Waals surface area contributed by atoms with Crippen LogP contribution in [0.5, 0.6) is 0 Å². The van der Waals surface area contributed by atoms with Crippen LogP contribution in [-0.4, -0.2) is 46.7 Å². The lowest BCUT2D eigenvalue weighted by molar-refractivity contribution is -0.304. The molecule has 2 heterocycles. The van der Waals surface area contributed by atoms with Gasteiger partial charge in [-0.1, -0.05) is 25.7 Å². The molecule has 7 heteroatoms. The Kier molecular flexibility index (Phi) is 6.22. The van der Waals surface area contributed by atoms with Gasteiger partial charge in [0.2, 0.25) is 0 Å². The number of carbonyl (C=O) groups excluding carboxylic acids is 2. The van der Waals surface area contributed by atoms with Crippen molar-refractivity contribution in [2.45, 2.75) is 89.3 Å². The molecule has 0 amide bonds. The van der Waals surface area contributed by atoms with Crippen LogP contribution in [0.3, 0.4) is 0 Å². The Morgan fingerprint density at radius 2 is 2.10 bits per heavy atom. The van der Waals surface area contributed by atoms with Gasteiger partial charge in [-0.25, -0.2) is 9.68 Å². The van der Waals surface area contributed by atoms with E-state index in [1.165, 1.54) is 6.92 Å². The summed E-state index contributed by atoms with van der Waals surface area (Å²) in [6.45, 7) is 11.1. The average molecular weight is 408 g/mol. The van der Waals surface area contributed by atoms with Gasteiger partial charge in [0, 0.05) is 18.4 Å². The molecule has 3 aliphatic rings. The van der Waals surface area contributed by atoms with Gasteiger partial charge in [0.05, 0.1) is 11.7 Å². The van der Waals surface area contributed by atoms with Gasteiger partial charge in [-0.05, 0) is 51.9 Å². The van der Waals surface area contributed by atoms with E-state index in [1.54, 1.807) is 0 Å². The van der Waals surface area contributed by atoms with Gasteiger partial charge in [0.1, 0.15) is 17.8 Å². The molecule has 0 aromatic rings. The summed E-state index contributed by atoms with van der Waals surface area (Å²) < 4.78 is 17.2. The third-order valence-electron chi connectivity index (χ3n) is 6.57. The molecular weight excluding hydrogens is 376 g/mol. The van der Waals surface area contributed by atoms with Gasteiger partial charge in [-0.3, -0.25) is 10.1 Å². The van der Waals surface area contributed by atoms with Gasteiger partial charge in [0.25, 0.3) is 0 Å². The molecule has 2 aliphatic heterocycles. The molecule has 2 saturated heterocycles. The van der Waals surface area contributed by atoms with Crippen LogP contribution in [0.25, 0.3) is 0 Å². The SMILES string of the molecule is C=C1C(=O)O[C@H]2[C@H](OC(C)=O)[C@@H](C)CCC[C@@](C)(OO)/C=C/C[C@@]3(C)O[C@@H]3C[C@@H]12.